The lowest BCUT2D eigenvalue weighted by molar-refractivity contribution is -0.0813. The van der Waals surface area contributed by atoms with Crippen LogP contribution in [-0.4, -0.2) is 35.3 Å². The van der Waals surface area contributed by atoms with Crippen LogP contribution in [0.1, 0.15) is 46.1 Å². The van der Waals surface area contributed by atoms with Gasteiger partial charge in [0.05, 0.1) is 12.2 Å². The minimum Gasteiger partial charge on any atom is -0.444 e. The number of amides is 1. The molecule has 1 fully saturated rings. The summed E-state index contributed by atoms with van der Waals surface area (Å²) in [6, 6.07) is 8.08. The van der Waals surface area contributed by atoms with E-state index in [1.807, 2.05) is 39.0 Å². The standard InChI is InChI=1S/C18H26BrNO3/c1-17(2,3)23-16(21)20-11-9-18(4,10-12-20)22-13-14-7-5-6-8-15(14)19/h5-8H,9-13H2,1-4H3. The molecule has 5 heteroatoms. The number of hydrogen-bond acceptors (Lipinski definition) is 3. The lowest BCUT2D eigenvalue weighted by atomic mass is 9.93. The molecule has 0 unspecified atom stereocenters. The van der Waals surface area contributed by atoms with Gasteiger partial charge in [-0.05, 0) is 52.2 Å². The summed E-state index contributed by atoms with van der Waals surface area (Å²) >= 11 is 3.55. The maximum atomic E-state index is 12.1. The van der Waals surface area contributed by atoms with Crippen LogP contribution in [0.4, 0.5) is 4.79 Å². The Bertz CT molecular complexity index is 545. The molecule has 4 nitrogen and oxygen atoms in total. The van der Waals surface area contributed by atoms with Gasteiger partial charge in [-0.2, -0.15) is 0 Å². The van der Waals surface area contributed by atoms with Crippen LogP contribution < -0.4 is 0 Å². The van der Waals surface area contributed by atoms with Crippen molar-refractivity contribution >= 4 is 22.0 Å². The van der Waals surface area contributed by atoms with E-state index >= 15 is 0 Å². The fourth-order valence-electron chi connectivity index (χ4n) is 2.50. The smallest absolute Gasteiger partial charge is 0.410 e. The van der Waals surface area contributed by atoms with Crippen molar-refractivity contribution in [3.63, 3.8) is 0 Å². The van der Waals surface area contributed by atoms with Crippen molar-refractivity contribution < 1.29 is 14.3 Å². The number of carbonyl (C=O) groups excluding carboxylic acids is 1. The molecule has 23 heavy (non-hydrogen) atoms. The van der Waals surface area contributed by atoms with Gasteiger partial charge < -0.3 is 14.4 Å². The van der Waals surface area contributed by atoms with Crippen LogP contribution in [0, 0.1) is 0 Å². The Morgan fingerprint density at radius 1 is 1.26 bits per heavy atom. The maximum Gasteiger partial charge on any atom is 0.410 e. The number of rotatable bonds is 3. The van der Waals surface area contributed by atoms with Crippen LogP contribution in [0.25, 0.3) is 0 Å². The van der Waals surface area contributed by atoms with Crippen molar-refractivity contribution in [2.24, 2.45) is 0 Å². The molecule has 1 aliphatic heterocycles. The number of carbonyl (C=O) groups is 1. The summed E-state index contributed by atoms with van der Waals surface area (Å²) in [5.74, 6) is 0. The molecule has 1 aromatic rings. The van der Waals surface area contributed by atoms with Gasteiger partial charge in [0, 0.05) is 17.6 Å². The van der Waals surface area contributed by atoms with Crippen molar-refractivity contribution in [3.05, 3.63) is 34.3 Å². The third-order valence-electron chi connectivity index (χ3n) is 4.01. The second-order valence-corrected chi connectivity index (χ2v) is 8.15. The predicted octanol–water partition coefficient (Wildman–Crippen LogP) is 4.76. The van der Waals surface area contributed by atoms with Gasteiger partial charge >= 0.3 is 6.09 Å². The molecule has 0 aliphatic carbocycles. The highest BCUT2D eigenvalue weighted by molar-refractivity contribution is 9.10. The van der Waals surface area contributed by atoms with Gasteiger partial charge in [0.25, 0.3) is 0 Å². The first kappa shape index (κ1) is 18.3. The van der Waals surface area contributed by atoms with Crippen LogP contribution in [0.15, 0.2) is 28.7 Å². The van der Waals surface area contributed by atoms with Crippen molar-refractivity contribution in [2.75, 3.05) is 13.1 Å². The van der Waals surface area contributed by atoms with Crippen LogP contribution in [0.5, 0.6) is 0 Å². The molecule has 0 N–H and O–H groups in total. The van der Waals surface area contributed by atoms with Gasteiger partial charge in [-0.15, -0.1) is 0 Å². The van der Waals surface area contributed by atoms with E-state index in [1.165, 1.54) is 0 Å². The summed E-state index contributed by atoms with van der Waals surface area (Å²) in [4.78, 5) is 13.9. The summed E-state index contributed by atoms with van der Waals surface area (Å²) in [5, 5.41) is 0. The topological polar surface area (TPSA) is 38.8 Å². The molecule has 0 saturated carbocycles. The molecule has 0 radical (unpaired) electrons. The second-order valence-electron chi connectivity index (χ2n) is 7.30. The van der Waals surface area contributed by atoms with Gasteiger partial charge in [-0.25, -0.2) is 4.79 Å². The number of halogens is 1. The number of ether oxygens (including phenoxy) is 2. The second kappa shape index (κ2) is 7.22. The zero-order valence-electron chi connectivity index (χ0n) is 14.4. The van der Waals surface area contributed by atoms with Gasteiger partial charge in [-0.3, -0.25) is 0 Å². The van der Waals surface area contributed by atoms with Gasteiger partial charge in [-0.1, -0.05) is 34.1 Å². The third kappa shape index (κ3) is 5.50. The molecular formula is C18H26BrNO3. The lowest BCUT2D eigenvalue weighted by Gasteiger charge is -2.39. The van der Waals surface area contributed by atoms with E-state index in [0.717, 1.165) is 22.9 Å². The summed E-state index contributed by atoms with van der Waals surface area (Å²) in [6.07, 6.45) is 1.40. The summed E-state index contributed by atoms with van der Waals surface area (Å²) in [6.45, 7) is 9.70. The van der Waals surface area contributed by atoms with E-state index in [1.54, 1.807) is 4.90 Å². The maximum absolute atomic E-state index is 12.1. The Labute approximate surface area is 147 Å². The Kier molecular flexibility index (Phi) is 5.74. The lowest BCUT2D eigenvalue weighted by Crippen LogP contribution is -2.47. The van der Waals surface area contributed by atoms with E-state index in [9.17, 15) is 4.79 Å². The SMILES string of the molecule is CC(C)(C)OC(=O)N1CCC(C)(OCc2ccccc2Br)CC1. The first-order valence-electron chi connectivity index (χ1n) is 8.04. The summed E-state index contributed by atoms with van der Waals surface area (Å²) < 4.78 is 12.7. The van der Waals surface area contributed by atoms with E-state index < -0.39 is 5.60 Å². The van der Waals surface area contributed by atoms with E-state index in [2.05, 4.69) is 28.9 Å². The van der Waals surface area contributed by atoms with E-state index in [-0.39, 0.29) is 11.7 Å². The monoisotopic (exact) mass is 383 g/mol. The van der Waals surface area contributed by atoms with Gasteiger partial charge in [0.2, 0.25) is 0 Å². The molecule has 1 heterocycles. The molecule has 0 bridgehead atoms. The normalized spacial score (nSPS) is 17.9. The van der Waals surface area contributed by atoms with Crippen molar-refractivity contribution in [2.45, 2.75) is 58.3 Å². The van der Waals surface area contributed by atoms with Crippen molar-refractivity contribution in [3.8, 4) is 0 Å². The Hall–Kier alpha value is -1.07. The molecule has 1 amide bonds. The van der Waals surface area contributed by atoms with Crippen LogP contribution in [0.2, 0.25) is 0 Å². The average molecular weight is 384 g/mol. The zero-order chi connectivity index (χ0) is 17.1. The molecule has 1 saturated heterocycles. The highest BCUT2D eigenvalue weighted by Crippen LogP contribution is 2.29. The number of piperidine rings is 1. The average Bonchev–Trinajstić information content (AvgIpc) is 2.45. The third-order valence-corrected chi connectivity index (χ3v) is 4.78. The fourth-order valence-corrected chi connectivity index (χ4v) is 2.90. The zero-order valence-corrected chi connectivity index (χ0v) is 16.0. The van der Waals surface area contributed by atoms with E-state index in [4.69, 9.17) is 9.47 Å². The van der Waals surface area contributed by atoms with Gasteiger partial charge in [0.15, 0.2) is 0 Å². The number of benzene rings is 1. The molecule has 2 rings (SSSR count). The highest BCUT2D eigenvalue weighted by Gasteiger charge is 2.34. The number of likely N-dealkylation sites (tertiary alicyclic amines) is 1. The first-order chi connectivity index (χ1) is 10.7. The fraction of sp³-hybridized carbons (Fsp3) is 0.611. The van der Waals surface area contributed by atoms with Crippen molar-refractivity contribution in [1.82, 2.24) is 4.90 Å². The van der Waals surface area contributed by atoms with Crippen LogP contribution in [-0.2, 0) is 16.1 Å². The predicted molar refractivity (Wildman–Crippen MR) is 94.4 cm³/mol. The van der Waals surface area contributed by atoms with E-state index in [0.29, 0.717) is 19.7 Å². The largest absolute Gasteiger partial charge is 0.444 e. The number of hydrogen-bond donors (Lipinski definition) is 0. The summed E-state index contributed by atoms with van der Waals surface area (Å²) in [5.41, 5.74) is 0.491. The molecule has 0 spiro atoms. The highest BCUT2D eigenvalue weighted by atomic mass is 79.9. The van der Waals surface area contributed by atoms with Crippen molar-refractivity contribution in [1.29, 1.82) is 0 Å². The minimum atomic E-state index is -0.450. The first-order valence-corrected chi connectivity index (χ1v) is 8.83. The Morgan fingerprint density at radius 2 is 1.87 bits per heavy atom. The Balaban J connectivity index is 1.85. The molecule has 0 aromatic heterocycles. The minimum absolute atomic E-state index is 0.201. The Morgan fingerprint density at radius 3 is 2.43 bits per heavy atom. The molecule has 0 atom stereocenters. The molecular weight excluding hydrogens is 358 g/mol. The van der Waals surface area contributed by atoms with Gasteiger partial charge in [0.1, 0.15) is 5.60 Å². The molecule has 1 aliphatic rings. The van der Waals surface area contributed by atoms with Crippen LogP contribution in [0.3, 0.4) is 0 Å². The molecule has 1 aromatic carbocycles. The summed E-state index contributed by atoms with van der Waals surface area (Å²) in [7, 11) is 0. The van der Waals surface area contributed by atoms with Crippen LogP contribution >= 0.6 is 15.9 Å². The quantitative estimate of drug-likeness (QED) is 0.755. The number of nitrogens with zero attached hydrogens (tertiary/aromatic N) is 1. The molecule has 128 valence electrons.